The fourth-order valence-electron chi connectivity index (χ4n) is 6.99. The van der Waals surface area contributed by atoms with Crippen molar-refractivity contribution in [1.29, 1.82) is 0 Å². The van der Waals surface area contributed by atoms with Crippen molar-refractivity contribution in [3.63, 3.8) is 0 Å². The van der Waals surface area contributed by atoms with Crippen LogP contribution in [0.5, 0.6) is 0 Å². The SMILES string of the molecule is CCCCC/C=C\C/C=C\C/C=C\CCCCCCCCC(=O)NC(COP(=O)(O)OCC[N+](C)(C)C)C(O)CCCCCCCCCCCCCCCCCCC. The molecule has 3 unspecified atom stereocenters. The third kappa shape index (κ3) is 42.8. The van der Waals surface area contributed by atoms with E-state index in [9.17, 15) is 19.4 Å². The van der Waals surface area contributed by atoms with Gasteiger partial charge < -0.3 is 19.8 Å². The number of amides is 1. The van der Waals surface area contributed by atoms with E-state index in [4.69, 9.17) is 9.05 Å². The molecule has 0 aliphatic heterocycles. The quantitative estimate of drug-likeness (QED) is 0.0244. The van der Waals surface area contributed by atoms with Crippen LogP contribution in [0, 0.1) is 0 Å². The zero-order chi connectivity index (χ0) is 42.8. The van der Waals surface area contributed by atoms with Gasteiger partial charge in [-0.25, -0.2) is 4.57 Å². The van der Waals surface area contributed by atoms with Crippen molar-refractivity contribution in [1.82, 2.24) is 5.32 Å². The third-order valence-corrected chi connectivity index (χ3v) is 11.9. The van der Waals surface area contributed by atoms with Crippen LogP contribution in [0.1, 0.15) is 219 Å². The number of carbonyl (C=O) groups is 1. The number of aliphatic hydroxyl groups is 1. The van der Waals surface area contributed by atoms with Gasteiger partial charge in [-0.3, -0.25) is 13.8 Å². The molecule has 3 atom stereocenters. The van der Waals surface area contributed by atoms with Crippen LogP contribution in [0.3, 0.4) is 0 Å². The number of aliphatic hydroxyl groups excluding tert-OH is 1. The molecule has 0 aromatic rings. The van der Waals surface area contributed by atoms with Crippen molar-refractivity contribution in [2.45, 2.75) is 231 Å². The maximum atomic E-state index is 12.9. The summed E-state index contributed by atoms with van der Waals surface area (Å²) in [7, 11) is 1.61. The molecule has 0 bridgehead atoms. The first-order valence-corrected chi connectivity index (χ1v) is 25.8. The third-order valence-electron chi connectivity index (χ3n) is 10.9. The van der Waals surface area contributed by atoms with E-state index in [0.29, 0.717) is 23.9 Å². The number of likely N-dealkylation sites (N-methyl/N-ethyl adjacent to an activating group) is 1. The maximum absolute atomic E-state index is 12.9. The van der Waals surface area contributed by atoms with E-state index in [2.05, 4.69) is 55.6 Å². The highest BCUT2D eigenvalue weighted by Crippen LogP contribution is 2.43. The van der Waals surface area contributed by atoms with E-state index in [1.54, 1.807) is 0 Å². The van der Waals surface area contributed by atoms with Crippen molar-refractivity contribution >= 4 is 13.7 Å². The molecule has 0 fully saturated rings. The van der Waals surface area contributed by atoms with E-state index in [1.807, 2.05) is 21.1 Å². The van der Waals surface area contributed by atoms with Crippen molar-refractivity contribution in [3.8, 4) is 0 Å². The first-order chi connectivity index (χ1) is 28.0. The second-order valence-corrected chi connectivity index (χ2v) is 19.3. The van der Waals surface area contributed by atoms with Gasteiger partial charge in [0, 0.05) is 6.42 Å². The Kier molecular flexibility index (Phi) is 40.2. The van der Waals surface area contributed by atoms with Gasteiger partial charge in [-0.2, -0.15) is 0 Å². The summed E-state index contributed by atoms with van der Waals surface area (Å²) in [5.74, 6) is -0.157. The number of hydrogen-bond donors (Lipinski definition) is 3. The first kappa shape index (κ1) is 56.7. The zero-order valence-electron chi connectivity index (χ0n) is 38.8. The summed E-state index contributed by atoms with van der Waals surface area (Å²) < 4.78 is 23.7. The standard InChI is InChI=1S/C49H95N2O6P/c1-6-8-10-12-14-16-18-20-22-24-25-27-29-31-33-35-37-39-41-43-49(53)50-47(46-57-58(54,55)56-45-44-51(3,4)5)48(52)42-40-38-36-34-32-30-28-26-23-21-19-17-15-13-11-9-7-2/h14,16,20,22,25,27,47-48,52H,6-13,15,17-19,21,23-24,26,28-46H2,1-5H3,(H-,50,53,54,55)/p+1/b16-14-,22-20-,27-25-. The molecule has 9 heteroatoms. The molecule has 0 aliphatic carbocycles. The number of unbranched alkanes of at least 4 members (excludes halogenated alkanes) is 25. The summed E-state index contributed by atoms with van der Waals surface area (Å²) >= 11 is 0. The van der Waals surface area contributed by atoms with Crippen LogP contribution >= 0.6 is 7.82 Å². The number of quaternary nitrogens is 1. The Labute approximate surface area is 359 Å². The number of allylic oxidation sites excluding steroid dienone is 6. The number of carbonyl (C=O) groups excluding carboxylic acids is 1. The maximum Gasteiger partial charge on any atom is 0.472 e. The summed E-state index contributed by atoms with van der Waals surface area (Å²) in [6.45, 7) is 4.86. The van der Waals surface area contributed by atoms with Crippen molar-refractivity contribution in [3.05, 3.63) is 36.5 Å². The molecule has 8 nitrogen and oxygen atoms in total. The Hall–Kier alpha value is -1.28. The molecule has 0 aliphatic rings. The number of phosphoric ester groups is 1. The summed E-state index contributed by atoms with van der Waals surface area (Å²) in [6, 6.07) is -0.767. The topological polar surface area (TPSA) is 105 Å². The minimum Gasteiger partial charge on any atom is -0.391 e. The second-order valence-electron chi connectivity index (χ2n) is 17.8. The molecule has 1 amide bonds. The molecule has 0 aromatic heterocycles. The summed E-state index contributed by atoms with van der Waals surface area (Å²) in [6.07, 6.45) is 50.2. The number of nitrogens with one attached hydrogen (secondary N) is 1. The van der Waals surface area contributed by atoms with E-state index in [-0.39, 0.29) is 19.1 Å². The van der Waals surface area contributed by atoms with Gasteiger partial charge in [0.05, 0.1) is 39.9 Å². The van der Waals surface area contributed by atoms with Gasteiger partial charge in [-0.15, -0.1) is 0 Å². The van der Waals surface area contributed by atoms with Gasteiger partial charge in [0.2, 0.25) is 5.91 Å². The fraction of sp³-hybridized carbons (Fsp3) is 0.857. The van der Waals surface area contributed by atoms with Crippen LogP contribution < -0.4 is 5.32 Å². The van der Waals surface area contributed by atoms with E-state index >= 15 is 0 Å². The Morgan fingerprint density at radius 2 is 0.983 bits per heavy atom. The van der Waals surface area contributed by atoms with Gasteiger partial charge in [0.15, 0.2) is 0 Å². The molecule has 0 rings (SSSR count). The minimum atomic E-state index is -4.32. The van der Waals surface area contributed by atoms with Gasteiger partial charge in [0.1, 0.15) is 13.2 Å². The Bertz CT molecular complexity index is 1040. The fourth-order valence-corrected chi connectivity index (χ4v) is 7.73. The van der Waals surface area contributed by atoms with Gasteiger partial charge in [-0.1, -0.05) is 198 Å². The summed E-state index contributed by atoms with van der Waals surface area (Å²) in [4.78, 5) is 23.2. The van der Waals surface area contributed by atoms with E-state index < -0.39 is 20.0 Å². The molecule has 58 heavy (non-hydrogen) atoms. The van der Waals surface area contributed by atoms with Crippen molar-refractivity contribution in [2.24, 2.45) is 0 Å². The highest BCUT2D eigenvalue weighted by Gasteiger charge is 2.28. The molecule has 0 spiro atoms. The lowest BCUT2D eigenvalue weighted by molar-refractivity contribution is -0.870. The van der Waals surface area contributed by atoms with Crippen LogP contribution in [0.4, 0.5) is 0 Å². The predicted molar refractivity (Wildman–Crippen MR) is 249 cm³/mol. The van der Waals surface area contributed by atoms with Gasteiger partial charge in [0.25, 0.3) is 0 Å². The molecule has 0 heterocycles. The molecule has 0 saturated heterocycles. The lowest BCUT2D eigenvalue weighted by Gasteiger charge is -2.26. The van der Waals surface area contributed by atoms with Crippen molar-refractivity contribution < 1.29 is 32.9 Å². The minimum absolute atomic E-state index is 0.0714. The average molecular weight is 840 g/mol. The number of hydrogen-bond acceptors (Lipinski definition) is 5. The number of rotatable bonds is 44. The molecule has 3 N–H and O–H groups in total. The van der Waals surface area contributed by atoms with E-state index in [0.717, 1.165) is 64.2 Å². The Balaban J connectivity index is 4.34. The monoisotopic (exact) mass is 840 g/mol. The van der Waals surface area contributed by atoms with Crippen LogP contribution in [-0.2, 0) is 18.4 Å². The van der Waals surface area contributed by atoms with Crippen LogP contribution in [0.2, 0.25) is 0 Å². The molecule has 0 radical (unpaired) electrons. The first-order valence-electron chi connectivity index (χ1n) is 24.4. The molecular formula is C49H96N2O6P+. The lowest BCUT2D eigenvalue weighted by Crippen LogP contribution is -2.46. The zero-order valence-corrected chi connectivity index (χ0v) is 39.7. The second kappa shape index (κ2) is 41.1. The smallest absolute Gasteiger partial charge is 0.391 e. The molecular weight excluding hydrogens is 744 g/mol. The van der Waals surface area contributed by atoms with Crippen LogP contribution in [0.15, 0.2) is 36.5 Å². The average Bonchev–Trinajstić information content (AvgIpc) is 3.17. The van der Waals surface area contributed by atoms with Crippen molar-refractivity contribution in [2.75, 3.05) is 40.9 Å². The highest BCUT2D eigenvalue weighted by molar-refractivity contribution is 7.47. The van der Waals surface area contributed by atoms with E-state index in [1.165, 1.54) is 128 Å². The molecule has 0 aromatic carbocycles. The van der Waals surface area contributed by atoms with Gasteiger partial charge in [-0.05, 0) is 51.4 Å². The summed E-state index contributed by atoms with van der Waals surface area (Å²) in [5, 5.41) is 14.0. The molecule has 0 saturated carbocycles. The normalized spacial score (nSPS) is 14.5. The highest BCUT2D eigenvalue weighted by atomic mass is 31.2. The Morgan fingerprint density at radius 3 is 1.47 bits per heavy atom. The predicted octanol–water partition coefficient (Wildman–Crippen LogP) is 13.9. The van der Waals surface area contributed by atoms with Gasteiger partial charge >= 0.3 is 7.82 Å². The largest absolute Gasteiger partial charge is 0.472 e. The molecule has 342 valence electrons. The van der Waals surface area contributed by atoms with Crippen LogP contribution in [0.25, 0.3) is 0 Å². The number of nitrogens with zero attached hydrogens (tertiary/aromatic N) is 1. The summed E-state index contributed by atoms with van der Waals surface area (Å²) in [5.41, 5.74) is 0. The number of phosphoric acid groups is 1. The lowest BCUT2D eigenvalue weighted by atomic mass is 10.0. The van der Waals surface area contributed by atoms with Crippen LogP contribution in [-0.4, -0.2) is 73.4 Å². The Morgan fingerprint density at radius 1 is 0.586 bits per heavy atom.